The molecule has 134 valence electrons. The largest absolute Gasteiger partial charge is 0.363 e. The molecule has 1 N–H and O–H groups in total. The van der Waals surface area contributed by atoms with Gasteiger partial charge in [0.25, 0.3) is 5.91 Å². The van der Waals surface area contributed by atoms with Gasteiger partial charge in [-0.05, 0) is 42.8 Å². The Bertz CT molecular complexity index is 902. The van der Waals surface area contributed by atoms with Gasteiger partial charge in [-0.15, -0.1) is 5.10 Å². The molecule has 3 rings (SSSR count). The molecule has 0 saturated heterocycles. The van der Waals surface area contributed by atoms with Crippen molar-refractivity contribution in [3.05, 3.63) is 65.4 Å². The van der Waals surface area contributed by atoms with Gasteiger partial charge in [0.1, 0.15) is 11.6 Å². The second kappa shape index (κ2) is 7.30. The smallest absolute Gasteiger partial charge is 0.274 e. The lowest BCUT2D eigenvalue weighted by molar-refractivity contribution is 0.0945. The molecule has 1 aromatic carbocycles. The van der Waals surface area contributed by atoms with Crippen LogP contribution in [0, 0.1) is 12.7 Å². The van der Waals surface area contributed by atoms with Crippen molar-refractivity contribution < 1.29 is 9.18 Å². The molecule has 0 saturated carbocycles. The van der Waals surface area contributed by atoms with Crippen LogP contribution in [0.3, 0.4) is 0 Å². The van der Waals surface area contributed by atoms with E-state index in [4.69, 9.17) is 0 Å². The van der Waals surface area contributed by atoms with Gasteiger partial charge in [-0.1, -0.05) is 11.3 Å². The lowest BCUT2D eigenvalue weighted by Gasteiger charge is -2.11. The summed E-state index contributed by atoms with van der Waals surface area (Å²) in [6.45, 7) is 2.08. The molecule has 0 bridgehead atoms. The van der Waals surface area contributed by atoms with Crippen LogP contribution in [0.2, 0.25) is 0 Å². The number of anilines is 1. The summed E-state index contributed by atoms with van der Waals surface area (Å²) in [5.41, 5.74) is 2.33. The molecule has 3 aromatic rings. The predicted octanol–water partition coefficient (Wildman–Crippen LogP) is 2.11. The summed E-state index contributed by atoms with van der Waals surface area (Å²) in [6, 6.07) is 9.62. The summed E-state index contributed by atoms with van der Waals surface area (Å²) in [4.78, 5) is 18.6. The predicted molar refractivity (Wildman–Crippen MR) is 95.8 cm³/mol. The fraction of sp³-hybridized carbons (Fsp3) is 0.222. The third-order valence-electron chi connectivity index (χ3n) is 3.90. The van der Waals surface area contributed by atoms with Gasteiger partial charge in [0.15, 0.2) is 5.69 Å². The molecule has 0 unspecified atom stereocenters. The van der Waals surface area contributed by atoms with Gasteiger partial charge < -0.3 is 10.2 Å². The normalized spacial score (nSPS) is 10.6. The van der Waals surface area contributed by atoms with Crippen molar-refractivity contribution in [3.63, 3.8) is 0 Å². The summed E-state index contributed by atoms with van der Waals surface area (Å²) in [5, 5.41) is 10.7. The molecule has 0 aliphatic rings. The highest BCUT2D eigenvalue weighted by molar-refractivity contribution is 5.93. The van der Waals surface area contributed by atoms with Crippen LogP contribution in [0.4, 0.5) is 10.2 Å². The molecule has 0 atom stereocenters. The fourth-order valence-electron chi connectivity index (χ4n) is 2.42. The second-order valence-electron chi connectivity index (χ2n) is 6.01. The monoisotopic (exact) mass is 354 g/mol. The number of rotatable bonds is 5. The van der Waals surface area contributed by atoms with E-state index in [0.29, 0.717) is 17.9 Å². The first-order chi connectivity index (χ1) is 12.5. The number of nitrogens with one attached hydrogen (secondary N) is 1. The van der Waals surface area contributed by atoms with Crippen LogP contribution < -0.4 is 10.2 Å². The molecule has 26 heavy (non-hydrogen) atoms. The molecule has 8 heteroatoms. The Morgan fingerprint density at radius 2 is 1.92 bits per heavy atom. The lowest BCUT2D eigenvalue weighted by atomic mass is 10.2. The third kappa shape index (κ3) is 3.69. The second-order valence-corrected chi connectivity index (χ2v) is 6.01. The number of hydrogen-bond acceptors (Lipinski definition) is 5. The molecule has 0 aliphatic carbocycles. The average Bonchev–Trinajstić information content (AvgIpc) is 3.02. The first-order valence-electron chi connectivity index (χ1n) is 8.04. The lowest BCUT2D eigenvalue weighted by Crippen LogP contribution is -2.24. The first-order valence-corrected chi connectivity index (χ1v) is 8.04. The van der Waals surface area contributed by atoms with Crippen LogP contribution in [0.15, 0.2) is 42.6 Å². The van der Waals surface area contributed by atoms with E-state index in [-0.39, 0.29) is 17.4 Å². The number of amides is 1. The number of nitrogens with zero attached hydrogens (tertiary/aromatic N) is 5. The highest BCUT2D eigenvalue weighted by Gasteiger charge is 2.17. The van der Waals surface area contributed by atoms with Crippen LogP contribution in [0.25, 0.3) is 5.69 Å². The van der Waals surface area contributed by atoms with Crippen molar-refractivity contribution in [1.29, 1.82) is 0 Å². The zero-order chi connectivity index (χ0) is 18.7. The quantitative estimate of drug-likeness (QED) is 0.759. The van der Waals surface area contributed by atoms with E-state index in [0.717, 1.165) is 11.4 Å². The highest BCUT2D eigenvalue weighted by Crippen LogP contribution is 2.13. The maximum Gasteiger partial charge on any atom is 0.274 e. The number of benzene rings is 1. The number of hydrogen-bond donors (Lipinski definition) is 1. The van der Waals surface area contributed by atoms with Crippen LogP contribution in [0.1, 0.15) is 21.7 Å². The first kappa shape index (κ1) is 17.5. The number of halogens is 1. The van der Waals surface area contributed by atoms with Crippen LogP contribution in [0.5, 0.6) is 0 Å². The van der Waals surface area contributed by atoms with Crippen molar-refractivity contribution in [3.8, 4) is 5.69 Å². The number of carbonyl (C=O) groups excluding carboxylic acids is 1. The third-order valence-corrected chi connectivity index (χ3v) is 3.90. The minimum absolute atomic E-state index is 0.229. The van der Waals surface area contributed by atoms with E-state index in [9.17, 15) is 9.18 Å². The summed E-state index contributed by atoms with van der Waals surface area (Å²) in [6.07, 6.45) is 1.72. The molecule has 0 spiro atoms. The minimum Gasteiger partial charge on any atom is -0.363 e. The summed E-state index contributed by atoms with van der Waals surface area (Å²) >= 11 is 0. The topological polar surface area (TPSA) is 75.9 Å². The van der Waals surface area contributed by atoms with E-state index in [1.54, 1.807) is 25.3 Å². The summed E-state index contributed by atoms with van der Waals surface area (Å²) < 4.78 is 14.6. The van der Waals surface area contributed by atoms with Crippen molar-refractivity contribution in [2.24, 2.45) is 0 Å². The van der Waals surface area contributed by atoms with Crippen molar-refractivity contribution in [1.82, 2.24) is 25.3 Å². The Labute approximate surface area is 150 Å². The minimum atomic E-state index is -0.335. The van der Waals surface area contributed by atoms with E-state index in [1.165, 1.54) is 16.8 Å². The summed E-state index contributed by atoms with van der Waals surface area (Å²) in [5.74, 6) is 0.184. The summed E-state index contributed by atoms with van der Waals surface area (Å²) in [7, 11) is 3.83. The number of pyridine rings is 1. The van der Waals surface area contributed by atoms with Crippen molar-refractivity contribution >= 4 is 11.7 Å². The fourth-order valence-corrected chi connectivity index (χ4v) is 2.42. The zero-order valence-electron chi connectivity index (χ0n) is 14.8. The Morgan fingerprint density at radius 1 is 1.19 bits per heavy atom. The van der Waals surface area contributed by atoms with Crippen molar-refractivity contribution in [2.75, 3.05) is 19.0 Å². The maximum atomic E-state index is 13.0. The molecule has 0 radical (unpaired) electrons. The molecule has 2 aromatic heterocycles. The van der Waals surface area contributed by atoms with E-state index in [1.807, 2.05) is 31.1 Å². The van der Waals surface area contributed by atoms with Crippen LogP contribution in [-0.2, 0) is 6.54 Å². The maximum absolute atomic E-state index is 13.0. The molecular weight excluding hydrogens is 335 g/mol. The van der Waals surface area contributed by atoms with Gasteiger partial charge in [-0.3, -0.25) is 4.79 Å². The van der Waals surface area contributed by atoms with Gasteiger partial charge in [-0.25, -0.2) is 14.1 Å². The Kier molecular flexibility index (Phi) is 4.92. The van der Waals surface area contributed by atoms with Crippen LogP contribution >= 0.6 is 0 Å². The van der Waals surface area contributed by atoms with E-state index in [2.05, 4.69) is 20.6 Å². The standard InChI is InChI=1S/C18H19FN6O/c1-12-17(22-23-25(12)15-7-5-14(19)6-8-15)18(26)21-11-13-4-9-16(20-10-13)24(2)3/h4-10H,11H2,1-3H3,(H,21,26). The van der Waals surface area contributed by atoms with Gasteiger partial charge >= 0.3 is 0 Å². The molecule has 7 nitrogen and oxygen atoms in total. The zero-order valence-corrected chi connectivity index (χ0v) is 14.8. The van der Waals surface area contributed by atoms with Gasteiger partial charge in [0.05, 0.1) is 11.4 Å². The molecule has 2 heterocycles. The Morgan fingerprint density at radius 3 is 2.54 bits per heavy atom. The van der Waals surface area contributed by atoms with Crippen LogP contribution in [-0.4, -0.2) is 40.0 Å². The molecule has 0 aliphatic heterocycles. The SMILES string of the molecule is Cc1c(C(=O)NCc2ccc(N(C)C)nc2)nnn1-c1ccc(F)cc1. The Balaban J connectivity index is 1.69. The van der Waals surface area contributed by atoms with Gasteiger partial charge in [-0.2, -0.15) is 0 Å². The Hall–Kier alpha value is -3.29. The highest BCUT2D eigenvalue weighted by atomic mass is 19.1. The number of carbonyl (C=O) groups is 1. The molecular formula is C18H19FN6O. The van der Waals surface area contributed by atoms with Gasteiger partial charge in [0, 0.05) is 26.8 Å². The van der Waals surface area contributed by atoms with Gasteiger partial charge in [0.2, 0.25) is 0 Å². The molecule has 0 fully saturated rings. The number of aromatic nitrogens is 4. The van der Waals surface area contributed by atoms with E-state index >= 15 is 0 Å². The van der Waals surface area contributed by atoms with E-state index < -0.39 is 0 Å². The molecule has 1 amide bonds. The average molecular weight is 354 g/mol. The van der Waals surface area contributed by atoms with Crippen molar-refractivity contribution in [2.45, 2.75) is 13.5 Å².